The van der Waals surface area contributed by atoms with Gasteiger partial charge in [0.15, 0.2) is 16.7 Å². The van der Waals surface area contributed by atoms with Gasteiger partial charge in [-0.25, -0.2) is 9.59 Å². The van der Waals surface area contributed by atoms with Gasteiger partial charge in [0.25, 0.3) is 5.91 Å². The quantitative estimate of drug-likeness (QED) is 0.225. The molecular formula is C21H16ClN3O6S. The van der Waals surface area contributed by atoms with Gasteiger partial charge < -0.3 is 14.2 Å². The van der Waals surface area contributed by atoms with Crippen LogP contribution in [0.4, 0.5) is 0 Å². The molecule has 0 unspecified atom stereocenters. The summed E-state index contributed by atoms with van der Waals surface area (Å²) in [5.74, 6) is -1.23. The zero-order valence-electron chi connectivity index (χ0n) is 16.8. The van der Waals surface area contributed by atoms with E-state index in [0.717, 1.165) is 17.8 Å². The molecule has 0 aromatic heterocycles. The fourth-order valence-electron chi connectivity index (χ4n) is 2.42. The molecule has 164 valence electrons. The first-order valence-corrected chi connectivity index (χ1v) is 10.2. The molecule has 0 spiro atoms. The summed E-state index contributed by atoms with van der Waals surface area (Å²) in [5.41, 5.74) is 0.831. The lowest BCUT2D eigenvalue weighted by Gasteiger charge is -2.10. The normalized spacial score (nSPS) is 15.8. The van der Waals surface area contributed by atoms with Gasteiger partial charge in [-0.05, 0) is 47.7 Å². The monoisotopic (exact) mass is 473 g/mol. The Bertz CT molecular complexity index is 1160. The van der Waals surface area contributed by atoms with E-state index in [1.165, 1.54) is 20.4 Å². The number of ether oxygens (including phenoxy) is 3. The predicted octanol–water partition coefficient (Wildman–Crippen LogP) is 3.18. The summed E-state index contributed by atoms with van der Waals surface area (Å²) in [7, 11) is 2.65. The summed E-state index contributed by atoms with van der Waals surface area (Å²) in [6.45, 7) is 0. The molecule has 1 fully saturated rings. The van der Waals surface area contributed by atoms with Crippen molar-refractivity contribution in [2.24, 2.45) is 10.2 Å². The Balaban J connectivity index is 1.70. The summed E-state index contributed by atoms with van der Waals surface area (Å²) >= 11 is 6.99. The van der Waals surface area contributed by atoms with Crippen LogP contribution in [0.15, 0.2) is 63.6 Å². The maximum atomic E-state index is 12.4. The number of hydrogen-bond donors (Lipinski definition) is 1. The van der Waals surface area contributed by atoms with E-state index in [9.17, 15) is 14.4 Å². The maximum Gasteiger partial charge on any atom is 0.345 e. The molecule has 3 rings (SSSR count). The Labute approximate surface area is 192 Å². The number of esters is 2. The fraction of sp³-hybridized carbons (Fsp3) is 0.0952. The number of nitrogens with one attached hydrogen (secondary N) is 1. The predicted molar refractivity (Wildman–Crippen MR) is 120 cm³/mol. The molecule has 0 saturated carbocycles. The van der Waals surface area contributed by atoms with Crippen LogP contribution in [0.2, 0.25) is 5.02 Å². The highest BCUT2D eigenvalue weighted by Crippen LogP contribution is 2.29. The number of carbonyl (C=O) groups is 3. The lowest BCUT2D eigenvalue weighted by molar-refractivity contribution is -0.135. The largest absolute Gasteiger partial charge is 0.493 e. The van der Waals surface area contributed by atoms with Gasteiger partial charge in [0.05, 0.1) is 35.9 Å². The van der Waals surface area contributed by atoms with Crippen LogP contribution >= 0.6 is 23.4 Å². The average Bonchev–Trinajstić information content (AvgIpc) is 3.13. The summed E-state index contributed by atoms with van der Waals surface area (Å²) < 4.78 is 15.2. The first-order chi connectivity index (χ1) is 15.4. The van der Waals surface area contributed by atoms with E-state index in [2.05, 4.69) is 20.3 Å². The maximum absolute atomic E-state index is 12.4. The fourth-order valence-corrected chi connectivity index (χ4v) is 3.37. The summed E-state index contributed by atoms with van der Waals surface area (Å²) in [5, 5.41) is 10.8. The second-order valence-electron chi connectivity index (χ2n) is 6.02. The third-order valence-electron chi connectivity index (χ3n) is 3.94. The van der Waals surface area contributed by atoms with Crippen molar-refractivity contribution in [3.8, 4) is 11.5 Å². The Kier molecular flexibility index (Phi) is 7.63. The molecule has 1 aliphatic rings. The molecule has 1 heterocycles. The van der Waals surface area contributed by atoms with E-state index >= 15 is 0 Å². The zero-order chi connectivity index (χ0) is 23.1. The first-order valence-electron chi connectivity index (χ1n) is 8.96. The van der Waals surface area contributed by atoms with E-state index in [-0.39, 0.29) is 26.4 Å². The lowest BCUT2D eigenvalue weighted by Crippen LogP contribution is -2.19. The van der Waals surface area contributed by atoms with Crippen molar-refractivity contribution in [2.75, 3.05) is 14.2 Å². The van der Waals surface area contributed by atoms with Crippen LogP contribution in [0.1, 0.15) is 15.9 Å². The second-order valence-corrected chi connectivity index (χ2v) is 7.46. The molecule has 1 N–H and O–H groups in total. The molecule has 0 radical (unpaired) electrons. The molecule has 0 atom stereocenters. The third-order valence-corrected chi connectivity index (χ3v) is 5.17. The molecule has 32 heavy (non-hydrogen) atoms. The van der Waals surface area contributed by atoms with Crippen LogP contribution < -0.4 is 14.8 Å². The second kappa shape index (κ2) is 10.6. The highest BCUT2D eigenvalue weighted by molar-refractivity contribution is 8.18. The van der Waals surface area contributed by atoms with Crippen molar-refractivity contribution >= 4 is 52.6 Å². The number of nitrogens with zero attached hydrogens (tertiary/aromatic N) is 2. The Hall–Kier alpha value is -3.63. The minimum Gasteiger partial charge on any atom is -0.493 e. The molecule has 0 aliphatic carbocycles. The van der Waals surface area contributed by atoms with Crippen molar-refractivity contribution in [3.63, 3.8) is 0 Å². The van der Waals surface area contributed by atoms with Gasteiger partial charge in [-0.3, -0.25) is 10.1 Å². The van der Waals surface area contributed by atoms with E-state index < -0.39 is 17.8 Å². The smallest absolute Gasteiger partial charge is 0.345 e. The van der Waals surface area contributed by atoms with Crippen LogP contribution in [0.5, 0.6) is 11.5 Å². The van der Waals surface area contributed by atoms with Gasteiger partial charge >= 0.3 is 11.9 Å². The number of benzene rings is 2. The van der Waals surface area contributed by atoms with E-state index in [0.29, 0.717) is 11.3 Å². The summed E-state index contributed by atoms with van der Waals surface area (Å²) in [6, 6.07) is 11.3. The van der Waals surface area contributed by atoms with Crippen LogP contribution in [-0.4, -0.2) is 43.4 Å². The first kappa shape index (κ1) is 23.0. The molecule has 9 nitrogen and oxygen atoms in total. The van der Waals surface area contributed by atoms with E-state index in [1.807, 2.05) is 0 Å². The standard InChI is InChI=1S/C21H16ClN3O6S/c1-29-16-9-12(7-8-15(16)31-20(28)13-5-3-4-6-14(13)22)11-23-25-21-24-19(27)17(32-21)10-18(26)30-2/h3-11H,1-2H3,(H,24,25,27)/b17-10+,23-11?. The van der Waals surface area contributed by atoms with Crippen LogP contribution in [-0.2, 0) is 14.3 Å². The minimum absolute atomic E-state index is 0.150. The lowest BCUT2D eigenvalue weighted by atomic mass is 10.2. The number of halogens is 1. The molecule has 0 bridgehead atoms. The highest BCUT2D eigenvalue weighted by atomic mass is 35.5. The topological polar surface area (TPSA) is 116 Å². The molecule has 1 amide bonds. The molecule has 2 aromatic rings. The molecule has 1 saturated heterocycles. The minimum atomic E-state index is -0.644. The zero-order valence-corrected chi connectivity index (χ0v) is 18.4. The van der Waals surface area contributed by atoms with Crippen LogP contribution in [0.3, 0.4) is 0 Å². The number of rotatable bonds is 6. The van der Waals surface area contributed by atoms with Gasteiger partial charge in [-0.1, -0.05) is 23.7 Å². The Morgan fingerprint density at radius 2 is 1.91 bits per heavy atom. The molecular weight excluding hydrogens is 458 g/mol. The van der Waals surface area contributed by atoms with Gasteiger partial charge in [0.2, 0.25) is 0 Å². The van der Waals surface area contributed by atoms with Crippen molar-refractivity contribution in [1.82, 2.24) is 5.32 Å². The number of amidine groups is 1. The van der Waals surface area contributed by atoms with E-state index in [4.69, 9.17) is 21.1 Å². The molecule has 1 aliphatic heterocycles. The van der Waals surface area contributed by atoms with Gasteiger partial charge in [-0.2, -0.15) is 5.10 Å². The van der Waals surface area contributed by atoms with Crippen molar-refractivity contribution in [1.29, 1.82) is 0 Å². The van der Waals surface area contributed by atoms with Crippen molar-refractivity contribution in [2.45, 2.75) is 0 Å². The number of carbonyl (C=O) groups excluding carboxylic acids is 3. The van der Waals surface area contributed by atoms with Gasteiger partial charge in [0, 0.05) is 6.08 Å². The number of methoxy groups -OCH3 is 2. The third kappa shape index (κ3) is 5.74. The van der Waals surface area contributed by atoms with Gasteiger partial charge in [0.1, 0.15) is 0 Å². The number of amides is 1. The number of hydrogen-bond acceptors (Lipinski definition) is 9. The SMILES string of the molecule is COC(=O)/C=C1/S/C(=N\N=Cc2ccc(OC(=O)c3ccccc3Cl)c(OC)c2)NC1=O. The van der Waals surface area contributed by atoms with Gasteiger partial charge in [-0.15, -0.1) is 5.10 Å². The van der Waals surface area contributed by atoms with Crippen molar-refractivity contribution < 1.29 is 28.6 Å². The highest BCUT2D eigenvalue weighted by Gasteiger charge is 2.25. The summed E-state index contributed by atoms with van der Waals surface area (Å²) in [4.78, 5) is 35.6. The summed E-state index contributed by atoms with van der Waals surface area (Å²) in [6.07, 6.45) is 2.49. The molecule has 11 heteroatoms. The Morgan fingerprint density at radius 3 is 2.62 bits per heavy atom. The van der Waals surface area contributed by atoms with Crippen LogP contribution in [0.25, 0.3) is 0 Å². The Morgan fingerprint density at radius 1 is 1.12 bits per heavy atom. The van der Waals surface area contributed by atoms with Crippen molar-refractivity contribution in [3.05, 3.63) is 69.6 Å². The average molecular weight is 474 g/mol. The van der Waals surface area contributed by atoms with Crippen LogP contribution in [0, 0.1) is 0 Å². The number of thioether (sulfide) groups is 1. The van der Waals surface area contributed by atoms with E-state index in [1.54, 1.807) is 42.5 Å². The molecule has 2 aromatic carbocycles.